The Hall–Kier alpha value is -2.66. The SMILES string of the molecule is CC(=O)N[C@H](C)CCc1ccc(-c2csc(-c3ccc(N(C)C)cc3)n2)cc1. The number of carbonyl (C=O) groups is 1. The van der Waals surface area contributed by atoms with Gasteiger partial charge in [0, 0.05) is 49.3 Å². The molecule has 0 radical (unpaired) electrons. The molecule has 0 fully saturated rings. The Morgan fingerprint density at radius 2 is 1.71 bits per heavy atom. The van der Waals surface area contributed by atoms with Crippen molar-refractivity contribution in [2.24, 2.45) is 0 Å². The van der Waals surface area contributed by atoms with Crippen molar-refractivity contribution in [3.05, 3.63) is 59.5 Å². The van der Waals surface area contributed by atoms with Gasteiger partial charge in [-0.05, 0) is 49.6 Å². The number of carbonyl (C=O) groups excluding carboxylic acids is 1. The molecule has 28 heavy (non-hydrogen) atoms. The van der Waals surface area contributed by atoms with Crippen LogP contribution in [0.3, 0.4) is 0 Å². The van der Waals surface area contributed by atoms with Gasteiger partial charge >= 0.3 is 0 Å². The van der Waals surface area contributed by atoms with Gasteiger partial charge in [0.25, 0.3) is 0 Å². The van der Waals surface area contributed by atoms with E-state index in [4.69, 9.17) is 4.98 Å². The second-order valence-corrected chi connectivity index (χ2v) is 8.17. The number of anilines is 1. The average molecular weight is 394 g/mol. The first-order chi connectivity index (χ1) is 13.4. The molecule has 3 aromatic rings. The molecule has 0 aliphatic rings. The molecular formula is C23H27N3OS. The number of rotatable bonds is 7. The van der Waals surface area contributed by atoms with E-state index >= 15 is 0 Å². The molecule has 1 aromatic heterocycles. The molecule has 0 unspecified atom stereocenters. The maximum Gasteiger partial charge on any atom is 0.217 e. The molecule has 0 saturated heterocycles. The number of nitrogens with one attached hydrogen (secondary N) is 1. The van der Waals surface area contributed by atoms with E-state index in [0.717, 1.165) is 34.7 Å². The van der Waals surface area contributed by atoms with Crippen LogP contribution >= 0.6 is 11.3 Å². The molecule has 1 heterocycles. The summed E-state index contributed by atoms with van der Waals surface area (Å²) in [5.74, 6) is 0.0264. The van der Waals surface area contributed by atoms with E-state index in [1.807, 2.05) is 21.0 Å². The van der Waals surface area contributed by atoms with Crippen molar-refractivity contribution in [1.82, 2.24) is 10.3 Å². The number of hydrogen-bond acceptors (Lipinski definition) is 4. The molecule has 0 spiro atoms. The molecule has 3 rings (SSSR count). The lowest BCUT2D eigenvalue weighted by molar-refractivity contribution is -0.119. The lowest BCUT2D eigenvalue weighted by atomic mass is 10.0. The van der Waals surface area contributed by atoms with Gasteiger partial charge in [-0.15, -0.1) is 11.3 Å². The molecule has 1 N–H and O–H groups in total. The summed E-state index contributed by atoms with van der Waals surface area (Å²) in [7, 11) is 4.08. The Bertz CT molecular complexity index is 914. The number of benzene rings is 2. The van der Waals surface area contributed by atoms with Crippen LogP contribution < -0.4 is 10.2 Å². The second-order valence-electron chi connectivity index (χ2n) is 7.32. The Morgan fingerprint density at radius 3 is 2.32 bits per heavy atom. The predicted molar refractivity (Wildman–Crippen MR) is 119 cm³/mol. The largest absolute Gasteiger partial charge is 0.378 e. The molecule has 0 aliphatic carbocycles. The maximum atomic E-state index is 11.1. The van der Waals surface area contributed by atoms with Crippen molar-refractivity contribution < 1.29 is 4.79 Å². The van der Waals surface area contributed by atoms with Crippen LogP contribution in [0.15, 0.2) is 53.9 Å². The van der Waals surface area contributed by atoms with Crippen LogP contribution in [-0.4, -0.2) is 31.0 Å². The van der Waals surface area contributed by atoms with Crippen molar-refractivity contribution >= 4 is 22.9 Å². The number of aryl methyl sites for hydroxylation is 1. The Kier molecular flexibility index (Phi) is 6.47. The van der Waals surface area contributed by atoms with Crippen LogP contribution in [-0.2, 0) is 11.2 Å². The number of hydrogen-bond donors (Lipinski definition) is 1. The highest BCUT2D eigenvalue weighted by Crippen LogP contribution is 2.30. The molecule has 1 amide bonds. The van der Waals surface area contributed by atoms with Gasteiger partial charge in [0.2, 0.25) is 5.91 Å². The van der Waals surface area contributed by atoms with Crippen molar-refractivity contribution in [3.8, 4) is 21.8 Å². The molecule has 5 heteroatoms. The molecule has 1 atom stereocenters. The van der Waals surface area contributed by atoms with E-state index < -0.39 is 0 Å². The van der Waals surface area contributed by atoms with Gasteiger partial charge in [-0.1, -0.05) is 24.3 Å². The molecule has 146 valence electrons. The third-order valence-corrected chi connectivity index (χ3v) is 5.59. The monoisotopic (exact) mass is 393 g/mol. The smallest absolute Gasteiger partial charge is 0.217 e. The van der Waals surface area contributed by atoms with Crippen molar-refractivity contribution in [3.63, 3.8) is 0 Å². The lowest BCUT2D eigenvalue weighted by Gasteiger charge is -2.12. The number of aromatic nitrogens is 1. The molecule has 0 saturated carbocycles. The van der Waals surface area contributed by atoms with Gasteiger partial charge in [0.15, 0.2) is 0 Å². The quantitative estimate of drug-likeness (QED) is 0.614. The molecular weight excluding hydrogens is 366 g/mol. The first-order valence-electron chi connectivity index (χ1n) is 9.52. The van der Waals surface area contributed by atoms with E-state index in [9.17, 15) is 4.79 Å². The molecule has 4 nitrogen and oxygen atoms in total. The van der Waals surface area contributed by atoms with Crippen LogP contribution in [0.4, 0.5) is 5.69 Å². The van der Waals surface area contributed by atoms with Crippen molar-refractivity contribution in [1.29, 1.82) is 0 Å². The van der Waals surface area contributed by atoms with Gasteiger partial charge in [0.05, 0.1) is 5.69 Å². The topological polar surface area (TPSA) is 45.2 Å². The Balaban J connectivity index is 1.65. The van der Waals surface area contributed by atoms with Crippen molar-refractivity contribution in [2.45, 2.75) is 32.7 Å². The first-order valence-corrected chi connectivity index (χ1v) is 10.4. The summed E-state index contributed by atoms with van der Waals surface area (Å²) in [5.41, 5.74) is 5.74. The number of thiazole rings is 1. The average Bonchev–Trinajstić information content (AvgIpc) is 3.16. The normalized spacial score (nSPS) is 11.9. The first kappa shape index (κ1) is 20.1. The Morgan fingerprint density at radius 1 is 1.07 bits per heavy atom. The molecule has 0 aliphatic heterocycles. The summed E-state index contributed by atoms with van der Waals surface area (Å²) in [4.78, 5) is 18.0. The van der Waals surface area contributed by atoms with E-state index in [2.05, 4.69) is 64.1 Å². The molecule has 2 aromatic carbocycles. The van der Waals surface area contributed by atoms with Gasteiger partial charge in [-0.3, -0.25) is 4.79 Å². The summed E-state index contributed by atoms with van der Waals surface area (Å²) in [6.45, 7) is 3.60. The van der Waals surface area contributed by atoms with Crippen LogP contribution in [0, 0.1) is 0 Å². The zero-order valence-electron chi connectivity index (χ0n) is 16.9. The van der Waals surface area contributed by atoms with Crippen LogP contribution in [0.2, 0.25) is 0 Å². The van der Waals surface area contributed by atoms with Gasteiger partial charge in [0.1, 0.15) is 5.01 Å². The lowest BCUT2D eigenvalue weighted by Crippen LogP contribution is -2.30. The standard InChI is InChI=1S/C23H27N3OS/c1-16(24-17(2)27)5-6-18-7-9-19(10-8-18)22-15-28-23(25-22)20-11-13-21(14-12-20)26(3)4/h7-16H,5-6H2,1-4H3,(H,24,27)/t16-/m1/s1. The second kappa shape index (κ2) is 9.02. The van der Waals surface area contributed by atoms with Gasteiger partial charge in [-0.2, -0.15) is 0 Å². The van der Waals surface area contributed by atoms with E-state index in [1.54, 1.807) is 18.3 Å². The van der Waals surface area contributed by atoms with Crippen LogP contribution in [0.25, 0.3) is 21.8 Å². The highest BCUT2D eigenvalue weighted by atomic mass is 32.1. The summed E-state index contributed by atoms with van der Waals surface area (Å²) >= 11 is 1.67. The zero-order chi connectivity index (χ0) is 20.1. The third-order valence-electron chi connectivity index (χ3n) is 4.70. The third kappa shape index (κ3) is 5.20. The fourth-order valence-corrected chi connectivity index (χ4v) is 3.92. The minimum absolute atomic E-state index is 0.0264. The summed E-state index contributed by atoms with van der Waals surface area (Å²) in [6, 6.07) is 17.2. The van der Waals surface area contributed by atoms with Crippen LogP contribution in [0.5, 0.6) is 0 Å². The predicted octanol–water partition coefficient (Wildman–Crippen LogP) is 5.00. The number of nitrogens with zero attached hydrogens (tertiary/aromatic N) is 2. The van der Waals surface area contributed by atoms with E-state index in [-0.39, 0.29) is 11.9 Å². The fourth-order valence-electron chi connectivity index (χ4n) is 3.09. The minimum atomic E-state index is 0.0264. The highest BCUT2D eigenvalue weighted by molar-refractivity contribution is 7.13. The van der Waals surface area contributed by atoms with Gasteiger partial charge < -0.3 is 10.2 Å². The number of amides is 1. The summed E-state index contributed by atoms with van der Waals surface area (Å²) < 4.78 is 0. The zero-order valence-corrected chi connectivity index (χ0v) is 17.7. The van der Waals surface area contributed by atoms with Gasteiger partial charge in [-0.25, -0.2) is 4.98 Å². The highest BCUT2D eigenvalue weighted by Gasteiger charge is 2.08. The van der Waals surface area contributed by atoms with E-state index in [1.165, 1.54) is 11.3 Å². The fraction of sp³-hybridized carbons (Fsp3) is 0.304. The Labute approximate surface area is 171 Å². The maximum absolute atomic E-state index is 11.1. The summed E-state index contributed by atoms with van der Waals surface area (Å²) in [5, 5.41) is 6.08. The minimum Gasteiger partial charge on any atom is -0.378 e. The molecule has 0 bridgehead atoms. The van der Waals surface area contributed by atoms with Crippen molar-refractivity contribution in [2.75, 3.05) is 19.0 Å². The van der Waals surface area contributed by atoms with Crippen LogP contribution in [0.1, 0.15) is 25.8 Å². The van der Waals surface area contributed by atoms with E-state index in [0.29, 0.717) is 0 Å². The summed E-state index contributed by atoms with van der Waals surface area (Å²) in [6.07, 6.45) is 1.88.